The summed E-state index contributed by atoms with van der Waals surface area (Å²) in [7, 11) is 1.76. The number of fused-ring (bicyclic) bond motifs is 2. The average Bonchev–Trinajstić information content (AvgIpc) is 1.16. The van der Waals surface area contributed by atoms with Gasteiger partial charge in [0.25, 0.3) is 5.91 Å². The van der Waals surface area contributed by atoms with Crippen LogP contribution in [0.3, 0.4) is 0 Å². The van der Waals surface area contributed by atoms with Crippen molar-refractivity contribution in [3.63, 3.8) is 0 Å². The minimum absolute atomic E-state index is 0.0502. The van der Waals surface area contributed by atoms with Crippen molar-refractivity contribution in [1.29, 1.82) is 0 Å². The van der Waals surface area contributed by atoms with Gasteiger partial charge in [-0.3, -0.25) is 38.4 Å². The van der Waals surface area contributed by atoms with Gasteiger partial charge in [-0.05, 0) is 280 Å². The molecule has 0 radical (unpaired) electrons. The van der Waals surface area contributed by atoms with Crippen molar-refractivity contribution in [3.05, 3.63) is 272 Å². The number of ether oxygens (including phenoxy) is 4. The van der Waals surface area contributed by atoms with E-state index < -0.39 is 22.6 Å². The van der Waals surface area contributed by atoms with Crippen LogP contribution in [0, 0.1) is 35.2 Å². The molecule has 0 saturated carbocycles. The first kappa shape index (κ1) is 92.6. The molecule has 4 heterocycles. The van der Waals surface area contributed by atoms with Gasteiger partial charge in [0.2, 0.25) is 17.7 Å². The zero-order chi connectivity index (χ0) is 89.3. The molecule has 3 saturated heterocycles. The first-order chi connectivity index (χ1) is 59.8. The lowest BCUT2D eigenvalue weighted by Gasteiger charge is -2.40. The molecule has 9 aromatic rings. The predicted molar refractivity (Wildman–Crippen MR) is 473 cm³/mol. The molecule has 22 heteroatoms. The van der Waals surface area contributed by atoms with E-state index in [9.17, 15) is 66.8 Å². The maximum Gasteiger partial charge on any atom is 0.253 e. The van der Waals surface area contributed by atoms with Crippen LogP contribution in [0.1, 0.15) is 236 Å². The van der Waals surface area contributed by atoms with E-state index in [1.807, 2.05) is 6.92 Å². The third kappa shape index (κ3) is 25.2. The van der Waals surface area contributed by atoms with Crippen molar-refractivity contribution in [2.24, 2.45) is 17.8 Å². The van der Waals surface area contributed by atoms with Crippen LogP contribution in [-0.4, -0.2) is 151 Å². The maximum absolute atomic E-state index is 13.8. The number of piperidine rings is 2. The summed E-state index contributed by atoms with van der Waals surface area (Å²) in [4.78, 5) is 111. The Morgan fingerprint density at radius 3 is 1.15 bits per heavy atom. The summed E-state index contributed by atoms with van der Waals surface area (Å²) in [6.07, 6.45) is 12.4. The smallest absolute Gasteiger partial charge is 0.253 e. The fraction of sp³-hybridized carbons (Fsp3) is 0.398. The van der Waals surface area contributed by atoms with Gasteiger partial charge < -0.3 is 53.9 Å². The van der Waals surface area contributed by atoms with Crippen molar-refractivity contribution < 1.29 is 85.8 Å². The Labute approximate surface area is 730 Å². The Morgan fingerprint density at radius 2 is 0.744 bits per heavy atom. The normalized spacial score (nSPS) is 16.5. The minimum Gasteiger partial charge on any atom is -0.457 e. The number of Topliss-reactive ketones (excluding diaryl/α,β-unsaturated/α-hetero) is 2. The fourth-order valence-corrected chi connectivity index (χ4v) is 17.4. The summed E-state index contributed by atoms with van der Waals surface area (Å²) in [6, 6.07) is 49.5. The molecule has 1 aliphatic carbocycles. The lowest BCUT2D eigenvalue weighted by atomic mass is 9.81. The summed E-state index contributed by atoms with van der Waals surface area (Å²) >= 11 is 0. The number of nitrogens with zero attached hydrogens (tertiary/aromatic N) is 4. The molecule has 19 nitrogen and oxygen atoms in total. The third-order valence-electron chi connectivity index (χ3n) is 24.7. The van der Waals surface area contributed by atoms with Crippen LogP contribution in [0.25, 0.3) is 0 Å². The van der Waals surface area contributed by atoms with Gasteiger partial charge in [0.1, 0.15) is 63.4 Å². The molecular formula is C103H115F3N4O15. The highest BCUT2D eigenvalue weighted by Gasteiger charge is 2.40. The molecule has 0 bridgehead atoms. The largest absolute Gasteiger partial charge is 0.457 e. The van der Waals surface area contributed by atoms with Crippen LogP contribution in [0.4, 0.5) is 13.2 Å². The van der Waals surface area contributed by atoms with Gasteiger partial charge in [-0.25, -0.2) is 13.2 Å². The van der Waals surface area contributed by atoms with Gasteiger partial charge in [0.05, 0.1) is 36.1 Å². The van der Waals surface area contributed by atoms with Crippen molar-refractivity contribution in [3.8, 4) is 46.0 Å². The van der Waals surface area contributed by atoms with E-state index in [2.05, 4.69) is 41.5 Å². The molecule has 14 rings (SSSR count). The second-order valence-corrected chi connectivity index (χ2v) is 34.7. The van der Waals surface area contributed by atoms with Crippen LogP contribution in [0.2, 0.25) is 0 Å². The van der Waals surface area contributed by atoms with Crippen LogP contribution < -0.4 is 18.9 Å². The zero-order valence-electron chi connectivity index (χ0n) is 72.9. The summed E-state index contributed by atoms with van der Waals surface area (Å²) in [5.41, 5.74) is 4.83. The van der Waals surface area contributed by atoms with Crippen LogP contribution >= 0.6 is 0 Å². The van der Waals surface area contributed by atoms with Gasteiger partial charge in [-0.1, -0.05) is 92.3 Å². The summed E-state index contributed by atoms with van der Waals surface area (Å²) in [6.45, 7) is 17.9. The molecule has 9 aromatic carbocycles. The predicted octanol–water partition coefficient (Wildman–Crippen LogP) is 19.8. The number of β-amino-alcohol motifs (C(OH)–C–C–N with tert-alkyl or cyclic N) is 1. The van der Waals surface area contributed by atoms with Crippen molar-refractivity contribution in [2.45, 2.75) is 194 Å². The van der Waals surface area contributed by atoms with E-state index in [4.69, 9.17) is 18.9 Å². The topological polar surface area (TPSA) is 247 Å². The van der Waals surface area contributed by atoms with Crippen molar-refractivity contribution in [2.75, 3.05) is 52.9 Å². The molecule has 1 unspecified atom stereocenters. The van der Waals surface area contributed by atoms with E-state index in [0.717, 1.165) is 62.5 Å². The summed E-state index contributed by atoms with van der Waals surface area (Å²) < 4.78 is 64.3. The summed E-state index contributed by atoms with van der Waals surface area (Å²) in [5.74, 6) is 2.91. The second-order valence-electron chi connectivity index (χ2n) is 34.7. The number of ketones is 4. The number of carbonyl (C=O) groups is 8. The highest BCUT2D eigenvalue weighted by atomic mass is 19.1. The lowest BCUT2D eigenvalue weighted by Crippen LogP contribution is -2.47. The molecule has 3 N–H and O–H groups in total. The number of halogens is 3. The number of likely N-dealkylation sites (tertiary alicyclic amines) is 3. The van der Waals surface area contributed by atoms with Crippen molar-refractivity contribution >= 4 is 46.8 Å². The highest BCUT2D eigenvalue weighted by molar-refractivity contribution is 6.11. The number of rotatable bonds is 30. The highest BCUT2D eigenvalue weighted by Crippen LogP contribution is 2.39. The Balaban J connectivity index is 0.000000171. The number of likely N-dealkylation sites (N-methyl/N-ethyl adjacent to an activating group) is 1. The standard InChI is InChI=1S/C36H41FN2O5.C36H40FNO5.C31H34FNO5/c1-4-24(5-2)23-36(43)13-16-39(17-14-36)33(40)20-25-18-28(22-31(19-25)44-30-9-7-29(37)8-10-30)34(41)27-6-11-32-26(21-27)12-15-38(3)35(32)42;1-3-24(4-2)23-36(42)14-16-38(17-15-36)34(40)20-25-18-28(22-31(19-25)43-30-11-9-29(37)10-12-30)35(41)27-8-13-32-26(21-27)6-5-7-33(32)39;1-4-29(34)23-5-9-25(10-6-23)37-27-15-22(16-28(18-27)38-26-11-7-24(32)8-12-26)17-30(35)33-14-13-31(36,20-33)19-21(2)3/h6-11,18-19,21-22,24,43H,4-5,12-17,20,23H2,1-3H3;8-13,18-19,21-22,24,42H,3-7,14-17,20,23H2,1-2H3;5-12,15-16,18,21,36H,4,13-14,17,19-20H2,1-3H3. The second kappa shape index (κ2) is 41.9. The van der Waals surface area contributed by atoms with Gasteiger partial charge >= 0.3 is 0 Å². The quantitative estimate of drug-likeness (QED) is 0.0354. The number of hydrogen-bond donors (Lipinski definition) is 3. The summed E-state index contributed by atoms with van der Waals surface area (Å²) in [5, 5.41) is 33.2. The van der Waals surface area contributed by atoms with Crippen molar-refractivity contribution in [1.82, 2.24) is 19.6 Å². The SMILES string of the molecule is CCC(=O)c1ccc(Oc2cc(CC(=O)N3CCC(O)(CC(C)C)C3)cc(Oc3ccc(F)cc3)c2)cc1.CCC(CC)CC1(O)CCN(C(=O)Cc2cc(Oc3ccc(F)cc3)cc(C(=O)c3ccc4c(c3)CCCC4=O)c2)CC1.CCC(CC)CC1(O)CCN(C(=O)Cc2cc(Oc3ccc(F)cc3)cc(C(=O)c3ccc4c(c3)CCN(C)C4=O)c2)CC1. The van der Waals surface area contributed by atoms with E-state index in [1.54, 1.807) is 142 Å². The average molecular weight is 1710 g/mol. The molecule has 0 aromatic heterocycles. The lowest BCUT2D eigenvalue weighted by molar-refractivity contribution is -0.136. The van der Waals surface area contributed by atoms with Gasteiger partial charge in [-0.2, -0.15) is 0 Å². The number of hydrogen-bond acceptors (Lipinski definition) is 15. The molecule has 3 fully saturated rings. The van der Waals surface area contributed by atoms with Gasteiger partial charge in [-0.15, -0.1) is 0 Å². The number of aryl methyl sites for hydroxylation is 1. The number of benzene rings is 9. The van der Waals surface area contributed by atoms with E-state index in [1.165, 1.54) is 72.8 Å². The van der Waals surface area contributed by atoms with E-state index in [-0.39, 0.29) is 77.7 Å². The fourth-order valence-electron chi connectivity index (χ4n) is 17.4. The Morgan fingerprint density at radius 1 is 0.384 bits per heavy atom. The van der Waals surface area contributed by atoms with Crippen LogP contribution in [-0.2, 0) is 46.5 Å². The Hall–Kier alpha value is -11.6. The maximum atomic E-state index is 13.8. The number of carbonyl (C=O) groups excluding carboxylic acids is 8. The van der Waals surface area contributed by atoms with Gasteiger partial charge in [0, 0.05) is 111 Å². The molecule has 0 spiro atoms. The Kier molecular flexibility index (Phi) is 31.1. The first-order valence-corrected chi connectivity index (χ1v) is 44.0. The van der Waals surface area contributed by atoms with Gasteiger partial charge in [0.15, 0.2) is 23.1 Å². The minimum atomic E-state index is -0.850. The molecule has 4 amide bonds. The van der Waals surface area contributed by atoms with E-state index in [0.29, 0.717) is 223 Å². The van der Waals surface area contributed by atoms with Crippen LogP contribution in [0.5, 0.6) is 46.0 Å². The molecular weight excluding hydrogens is 1590 g/mol. The molecule has 125 heavy (non-hydrogen) atoms. The monoisotopic (exact) mass is 1700 g/mol. The first-order valence-electron chi connectivity index (χ1n) is 44.0. The molecule has 4 aliphatic heterocycles. The van der Waals surface area contributed by atoms with E-state index >= 15 is 0 Å². The molecule has 1 atom stereocenters. The third-order valence-corrected chi connectivity index (χ3v) is 24.7. The zero-order valence-corrected chi connectivity index (χ0v) is 72.9. The molecule has 658 valence electrons. The Bertz CT molecular complexity index is 5320. The molecule has 5 aliphatic rings. The number of amides is 4. The van der Waals surface area contributed by atoms with Crippen LogP contribution in [0.15, 0.2) is 188 Å². The number of aliphatic hydroxyl groups is 3.